The number of rotatable bonds is 10. The third-order valence-corrected chi connectivity index (χ3v) is 8.74. The number of hydrogen-bond acceptors (Lipinski definition) is 6. The first-order valence-electron chi connectivity index (χ1n) is 15.6. The third kappa shape index (κ3) is 7.62. The van der Waals surface area contributed by atoms with Crippen LogP contribution in [0, 0.1) is 5.41 Å². The predicted octanol–water partition coefficient (Wildman–Crippen LogP) is 5.33. The summed E-state index contributed by atoms with van der Waals surface area (Å²) in [5.74, 6) is -2.01. The van der Waals surface area contributed by atoms with Crippen molar-refractivity contribution in [2.75, 3.05) is 19.8 Å². The van der Waals surface area contributed by atoms with Gasteiger partial charge in [-0.2, -0.15) is 0 Å². The van der Waals surface area contributed by atoms with Gasteiger partial charge in [0.15, 0.2) is 0 Å². The summed E-state index contributed by atoms with van der Waals surface area (Å²) in [5.41, 5.74) is -2.55. The summed E-state index contributed by atoms with van der Waals surface area (Å²) in [6.45, 7) is 21.1. The topological polar surface area (TPSA) is 156 Å². The van der Waals surface area contributed by atoms with E-state index in [1.807, 2.05) is 83.1 Å². The molecule has 0 aliphatic carbocycles. The van der Waals surface area contributed by atoms with Crippen molar-refractivity contribution in [3.8, 4) is 0 Å². The standard InChI is InChI=1S/C37H56O8/c1-32(2,3)24-13-22(17-28(41)42)14-25(33(4,5)6)30(24)37(45,36(19-38,20-39)21-40)31-26(34(7,8)9)15-23(18-29(43)44)16-27(31)35(10,11)12/h13-16,38-40,45H,17-21H2,1-12H3,(H,41,42)(H,43,44). The number of benzene rings is 2. The number of hydrogen-bond donors (Lipinski definition) is 6. The van der Waals surface area contributed by atoms with Crippen LogP contribution < -0.4 is 0 Å². The molecule has 0 saturated carbocycles. The van der Waals surface area contributed by atoms with Gasteiger partial charge in [0.05, 0.1) is 38.1 Å². The zero-order valence-corrected chi connectivity index (χ0v) is 29.3. The summed E-state index contributed by atoms with van der Waals surface area (Å²) in [6.07, 6.45) is -0.499. The first-order chi connectivity index (χ1) is 20.2. The fourth-order valence-electron chi connectivity index (χ4n) is 6.25. The van der Waals surface area contributed by atoms with Crippen molar-refractivity contribution < 1.29 is 40.2 Å². The normalized spacial score (nSPS) is 13.7. The molecule has 0 spiro atoms. The Bertz CT molecular complexity index is 1230. The van der Waals surface area contributed by atoms with E-state index in [9.17, 15) is 40.2 Å². The highest BCUT2D eigenvalue weighted by atomic mass is 16.4. The lowest BCUT2D eigenvalue weighted by atomic mass is 9.56. The first-order valence-corrected chi connectivity index (χ1v) is 15.6. The summed E-state index contributed by atoms with van der Waals surface area (Å²) in [5, 5.41) is 66.7. The van der Waals surface area contributed by atoms with E-state index in [0.717, 1.165) is 0 Å². The van der Waals surface area contributed by atoms with Crippen LogP contribution in [0.5, 0.6) is 0 Å². The second-order valence-corrected chi connectivity index (χ2v) is 16.7. The highest BCUT2D eigenvalue weighted by Crippen LogP contribution is 2.55. The number of carbonyl (C=O) groups is 2. The molecule has 2 aromatic carbocycles. The van der Waals surface area contributed by atoms with Crippen LogP contribution in [-0.4, -0.2) is 62.4 Å². The molecule has 0 amide bonds. The Balaban J connectivity index is 3.61. The van der Waals surface area contributed by atoms with Crippen molar-refractivity contribution in [3.05, 3.63) is 68.8 Å². The number of aliphatic carboxylic acids is 2. The molecule has 0 aliphatic rings. The molecule has 0 atom stereocenters. The van der Waals surface area contributed by atoms with Crippen LogP contribution in [0.2, 0.25) is 0 Å². The van der Waals surface area contributed by atoms with Crippen molar-refractivity contribution in [2.24, 2.45) is 5.41 Å². The summed E-state index contributed by atoms with van der Waals surface area (Å²) >= 11 is 0. The summed E-state index contributed by atoms with van der Waals surface area (Å²) in [4.78, 5) is 23.8. The minimum atomic E-state index is -2.24. The van der Waals surface area contributed by atoms with Gasteiger partial charge >= 0.3 is 11.9 Å². The van der Waals surface area contributed by atoms with E-state index in [4.69, 9.17) is 0 Å². The molecule has 2 aromatic rings. The molecular weight excluding hydrogens is 572 g/mol. The molecule has 6 N–H and O–H groups in total. The summed E-state index contributed by atoms with van der Waals surface area (Å²) < 4.78 is 0. The second kappa shape index (κ2) is 12.8. The van der Waals surface area contributed by atoms with Crippen molar-refractivity contribution in [2.45, 2.75) is 123 Å². The molecule has 0 bridgehead atoms. The monoisotopic (exact) mass is 628 g/mol. The minimum Gasteiger partial charge on any atom is -0.481 e. The van der Waals surface area contributed by atoms with Crippen molar-refractivity contribution in [1.82, 2.24) is 0 Å². The third-order valence-electron chi connectivity index (χ3n) is 8.74. The van der Waals surface area contributed by atoms with E-state index >= 15 is 0 Å². The van der Waals surface area contributed by atoms with Crippen LogP contribution in [0.15, 0.2) is 24.3 Å². The second-order valence-electron chi connectivity index (χ2n) is 16.7. The van der Waals surface area contributed by atoms with Crippen LogP contribution in [0.25, 0.3) is 0 Å². The van der Waals surface area contributed by atoms with Crippen LogP contribution in [0.1, 0.15) is 128 Å². The van der Waals surface area contributed by atoms with E-state index < -0.39 is 64.4 Å². The molecule has 0 aliphatic heterocycles. The summed E-state index contributed by atoms with van der Waals surface area (Å²) in [7, 11) is 0. The molecule has 8 heteroatoms. The lowest BCUT2D eigenvalue weighted by Crippen LogP contribution is -2.57. The highest BCUT2D eigenvalue weighted by Gasteiger charge is 2.58. The van der Waals surface area contributed by atoms with Gasteiger partial charge in [-0.15, -0.1) is 0 Å². The number of carboxylic acid groups (broad SMARTS) is 2. The molecule has 0 unspecified atom stereocenters. The maximum Gasteiger partial charge on any atom is 0.307 e. The van der Waals surface area contributed by atoms with Gasteiger partial charge in [-0.3, -0.25) is 9.59 Å². The largest absolute Gasteiger partial charge is 0.481 e. The number of aliphatic hydroxyl groups is 4. The van der Waals surface area contributed by atoms with Crippen molar-refractivity contribution in [1.29, 1.82) is 0 Å². The van der Waals surface area contributed by atoms with Gasteiger partial charge in [0.1, 0.15) is 5.60 Å². The van der Waals surface area contributed by atoms with Gasteiger partial charge in [0.25, 0.3) is 0 Å². The quantitative estimate of drug-likeness (QED) is 0.206. The number of aliphatic hydroxyl groups excluding tert-OH is 3. The molecule has 0 aromatic heterocycles. The lowest BCUT2D eigenvalue weighted by Gasteiger charge is -2.52. The maximum atomic E-state index is 13.9. The summed E-state index contributed by atoms with van der Waals surface area (Å²) in [6, 6.07) is 7.08. The van der Waals surface area contributed by atoms with E-state index in [1.54, 1.807) is 24.3 Å². The fraction of sp³-hybridized carbons (Fsp3) is 0.622. The lowest BCUT2D eigenvalue weighted by molar-refractivity contribution is -0.138. The predicted molar refractivity (Wildman–Crippen MR) is 177 cm³/mol. The van der Waals surface area contributed by atoms with Crippen LogP contribution in [-0.2, 0) is 49.7 Å². The van der Waals surface area contributed by atoms with E-state index in [2.05, 4.69) is 0 Å². The molecule has 0 saturated heterocycles. The minimum absolute atomic E-state index is 0.250. The molecule has 45 heavy (non-hydrogen) atoms. The Hall–Kier alpha value is -2.78. The number of carboxylic acids is 2. The van der Waals surface area contributed by atoms with Crippen LogP contribution in [0.4, 0.5) is 0 Å². The molecule has 0 radical (unpaired) electrons. The molecule has 8 nitrogen and oxygen atoms in total. The van der Waals surface area contributed by atoms with Crippen molar-refractivity contribution in [3.63, 3.8) is 0 Å². The average Bonchev–Trinajstić information content (AvgIpc) is 2.86. The van der Waals surface area contributed by atoms with Crippen LogP contribution in [0.3, 0.4) is 0 Å². The molecule has 0 heterocycles. The van der Waals surface area contributed by atoms with E-state index in [-0.39, 0.29) is 12.8 Å². The fourth-order valence-corrected chi connectivity index (χ4v) is 6.25. The molecule has 252 valence electrons. The Morgan fingerprint density at radius 2 is 0.733 bits per heavy atom. The van der Waals surface area contributed by atoms with Gasteiger partial charge in [0.2, 0.25) is 0 Å². The smallest absolute Gasteiger partial charge is 0.307 e. The van der Waals surface area contributed by atoms with E-state index in [0.29, 0.717) is 44.5 Å². The zero-order chi connectivity index (χ0) is 35.1. The van der Waals surface area contributed by atoms with Crippen molar-refractivity contribution >= 4 is 11.9 Å². The van der Waals surface area contributed by atoms with Crippen LogP contribution >= 0.6 is 0 Å². The van der Waals surface area contributed by atoms with Gasteiger partial charge in [-0.25, -0.2) is 0 Å². The Labute approximate surface area is 269 Å². The molecular formula is C37H56O8. The molecule has 0 fully saturated rings. The maximum absolute atomic E-state index is 13.9. The van der Waals surface area contributed by atoms with Gasteiger partial charge < -0.3 is 30.6 Å². The average molecular weight is 629 g/mol. The first kappa shape index (κ1) is 38.4. The highest BCUT2D eigenvalue weighted by molar-refractivity contribution is 5.72. The Kier molecular flexibility index (Phi) is 10.9. The van der Waals surface area contributed by atoms with Gasteiger partial charge in [-0.05, 0) is 66.2 Å². The Morgan fingerprint density at radius 3 is 0.889 bits per heavy atom. The zero-order valence-electron chi connectivity index (χ0n) is 29.3. The SMILES string of the molecule is CC(C)(C)c1cc(CC(=O)O)cc(C(C)(C)C)c1C(O)(c1c(C(C)(C)C)cc(CC(=O)O)cc1C(C)(C)C)C(CO)(CO)CO. The molecule has 2 rings (SSSR count). The van der Waals surface area contributed by atoms with E-state index in [1.165, 1.54) is 0 Å². The Morgan fingerprint density at radius 1 is 0.511 bits per heavy atom. The van der Waals surface area contributed by atoms with Gasteiger partial charge in [0, 0.05) is 0 Å². The van der Waals surface area contributed by atoms with Gasteiger partial charge in [-0.1, -0.05) is 107 Å².